The van der Waals surface area contributed by atoms with E-state index >= 15 is 4.39 Å². The Hall–Kier alpha value is -4.36. The summed E-state index contributed by atoms with van der Waals surface area (Å²) >= 11 is 0. The van der Waals surface area contributed by atoms with E-state index < -0.39 is 23.9 Å². The van der Waals surface area contributed by atoms with Gasteiger partial charge >= 0.3 is 12.1 Å². The Bertz CT molecular complexity index is 1800. The van der Waals surface area contributed by atoms with Crippen molar-refractivity contribution in [2.24, 2.45) is 0 Å². The second-order valence-corrected chi connectivity index (χ2v) is 12.3. The van der Waals surface area contributed by atoms with Crippen LogP contribution in [0.25, 0.3) is 32.8 Å². The maximum Gasteiger partial charge on any atom is 0.407 e. The van der Waals surface area contributed by atoms with Crippen molar-refractivity contribution in [1.82, 2.24) is 19.8 Å². The SMILES string of the molecule is COCOc1cc(-c2ccc3c(N4C[C@H]5CC[C@@H](C4)N5C(=O)O)nc(OCC4CC(F)(F)CN4C)nc3c2F)c2ccccc2c1. The van der Waals surface area contributed by atoms with Crippen molar-refractivity contribution in [3.05, 3.63) is 54.3 Å². The molecule has 3 atom stereocenters. The van der Waals surface area contributed by atoms with E-state index in [4.69, 9.17) is 14.2 Å². The number of likely N-dealkylation sites (tertiary alicyclic amines) is 1. The molecular formula is C33H34F3N5O5. The molecule has 10 nitrogen and oxygen atoms in total. The second kappa shape index (κ2) is 11.8. The summed E-state index contributed by atoms with van der Waals surface area (Å²) in [5.41, 5.74) is 0.894. The number of rotatable bonds is 8. The highest BCUT2D eigenvalue weighted by molar-refractivity contribution is 6.01. The predicted octanol–water partition coefficient (Wildman–Crippen LogP) is 5.62. The Morgan fingerprint density at radius 3 is 2.48 bits per heavy atom. The minimum atomic E-state index is -2.83. The van der Waals surface area contributed by atoms with E-state index in [-0.39, 0.29) is 55.5 Å². The molecule has 13 heteroatoms. The maximum absolute atomic E-state index is 16.8. The normalized spacial score (nSPS) is 22.6. The van der Waals surface area contributed by atoms with E-state index in [1.54, 1.807) is 25.2 Å². The van der Waals surface area contributed by atoms with Gasteiger partial charge in [-0.2, -0.15) is 9.97 Å². The molecule has 1 unspecified atom stereocenters. The Labute approximate surface area is 263 Å². The Morgan fingerprint density at radius 1 is 1.02 bits per heavy atom. The molecule has 2 bridgehead atoms. The van der Waals surface area contributed by atoms with Gasteiger partial charge in [0.05, 0.1) is 18.6 Å². The molecule has 0 aliphatic carbocycles. The Kier molecular flexibility index (Phi) is 7.76. The number of carboxylic acid groups (broad SMARTS) is 1. The fourth-order valence-electron chi connectivity index (χ4n) is 7.16. The number of carbonyl (C=O) groups is 1. The van der Waals surface area contributed by atoms with Gasteiger partial charge in [-0.25, -0.2) is 18.0 Å². The van der Waals surface area contributed by atoms with Gasteiger partial charge in [-0.05, 0) is 54.4 Å². The number of piperazine rings is 1. The molecule has 0 spiro atoms. The van der Waals surface area contributed by atoms with Crippen LogP contribution in [0.1, 0.15) is 19.3 Å². The van der Waals surface area contributed by atoms with Crippen molar-refractivity contribution in [1.29, 1.82) is 0 Å². The number of nitrogens with zero attached hydrogens (tertiary/aromatic N) is 5. The number of fused-ring (bicyclic) bond motifs is 4. The molecule has 1 amide bonds. The van der Waals surface area contributed by atoms with Gasteiger partial charge in [0.25, 0.3) is 5.92 Å². The van der Waals surface area contributed by atoms with Gasteiger partial charge < -0.3 is 24.2 Å². The number of alkyl halides is 2. The van der Waals surface area contributed by atoms with Gasteiger partial charge in [0.1, 0.15) is 23.7 Å². The molecule has 4 heterocycles. The number of hydrogen-bond donors (Lipinski definition) is 1. The molecule has 7 rings (SSSR count). The van der Waals surface area contributed by atoms with Crippen LogP contribution in [-0.2, 0) is 4.74 Å². The average molecular weight is 638 g/mol. The van der Waals surface area contributed by atoms with Crippen LogP contribution < -0.4 is 14.4 Å². The average Bonchev–Trinajstić information content (AvgIpc) is 3.47. The maximum atomic E-state index is 16.8. The monoisotopic (exact) mass is 637 g/mol. The topological polar surface area (TPSA) is 100 Å². The first-order valence-corrected chi connectivity index (χ1v) is 15.2. The van der Waals surface area contributed by atoms with Crippen LogP contribution in [0.15, 0.2) is 48.5 Å². The Morgan fingerprint density at radius 2 is 1.78 bits per heavy atom. The van der Waals surface area contributed by atoms with Crippen LogP contribution in [0.3, 0.4) is 0 Å². The van der Waals surface area contributed by atoms with Crippen molar-refractivity contribution in [2.45, 2.75) is 43.3 Å². The van der Waals surface area contributed by atoms with E-state index in [1.165, 1.54) is 16.9 Å². The highest BCUT2D eigenvalue weighted by Gasteiger charge is 2.45. The molecule has 1 N–H and O–H groups in total. The van der Waals surface area contributed by atoms with Crippen LogP contribution in [0, 0.1) is 5.82 Å². The van der Waals surface area contributed by atoms with E-state index in [0.717, 1.165) is 23.6 Å². The summed E-state index contributed by atoms with van der Waals surface area (Å²) < 4.78 is 61.7. The number of amides is 1. The number of anilines is 1. The highest BCUT2D eigenvalue weighted by atomic mass is 19.3. The molecule has 3 saturated heterocycles. The minimum absolute atomic E-state index is 0.0166. The molecule has 242 valence electrons. The molecular weight excluding hydrogens is 603 g/mol. The van der Waals surface area contributed by atoms with Crippen molar-refractivity contribution in [2.75, 3.05) is 52.1 Å². The number of aromatic nitrogens is 2. The number of benzene rings is 3. The summed E-state index contributed by atoms with van der Waals surface area (Å²) in [7, 11) is 3.13. The van der Waals surface area contributed by atoms with E-state index in [9.17, 15) is 18.7 Å². The molecule has 0 saturated carbocycles. The largest absolute Gasteiger partial charge is 0.468 e. The van der Waals surface area contributed by atoms with Crippen molar-refractivity contribution in [3.8, 4) is 22.9 Å². The van der Waals surface area contributed by atoms with Crippen LogP contribution in [0.4, 0.5) is 23.8 Å². The number of methoxy groups -OCH3 is 1. The van der Waals surface area contributed by atoms with Gasteiger partial charge in [0.2, 0.25) is 0 Å². The van der Waals surface area contributed by atoms with E-state index in [0.29, 0.717) is 35.6 Å². The van der Waals surface area contributed by atoms with Crippen LogP contribution in [0.2, 0.25) is 0 Å². The lowest BCUT2D eigenvalue weighted by atomic mass is 9.96. The molecule has 3 aliphatic rings. The summed E-state index contributed by atoms with van der Waals surface area (Å²) in [6, 6.07) is 13.5. The molecule has 3 fully saturated rings. The number of hydrogen-bond acceptors (Lipinski definition) is 8. The quantitative estimate of drug-likeness (QED) is 0.247. The standard InChI is InChI=1S/C33H34F3N5O5/c1-39-17-33(35,36)13-22(39)16-45-31-37-29-26(30(38-31)40-14-20-7-8-21(15-40)41(20)32(42)43)10-9-25(28(29)34)27-12-23(46-18-44-2)11-19-5-3-4-6-24(19)27/h3-6,9-12,20-22H,7-8,13-18H2,1-2H3,(H,42,43)/t20-,21+,22?. The summed E-state index contributed by atoms with van der Waals surface area (Å²) in [6.07, 6.45) is 0.114. The lowest BCUT2D eigenvalue weighted by molar-refractivity contribution is 0.0136. The smallest absolute Gasteiger partial charge is 0.407 e. The van der Waals surface area contributed by atoms with Gasteiger partial charge in [0.15, 0.2) is 12.6 Å². The molecule has 1 aromatic heterocycles. The fourth-order valence-corrected chi connectivity index (χ4v) is 7.16. The van der Waals surface area contributed by atoms with Gasteiger partial charge in [0, 0.05) is 43.6 Å². The molecule has 4 aromatic rings. The third kappa shape index (κ3) is 5.51. The number of ether oxygens (including phenoxy) is 3. The van der Waals surface area contributed by atoms with E-state index in [1.807, 2.05) is 35.2 Å². The molecule has 3 aromatic carbocycles. The summed E-state index contributed by atoms with van der Waals surface area (Å²) in [4.78, 5) is 26.1. The third-order valence-electron chi connectivity index (χ3n) is 9.28. The molecule has 46 heavy (non-hydrogen) atoms. The lowest BCUT2D eigenvalue weighted by Gasteiger charge is -2.40. The van der Waals surface area contributed by atoms with Gasteiger partial charge in [-0.3, -0.25) is 9.80 Å². The zero-order chi connectivity index (χ0) is 32.2. The summed E-state index contributed by atoms with van der Waals surface area (Å²) in [5, 5.41) is 11.9. The minimum Gasteiger partial charge on any atom is -0.468 e. The fraction of sp³-hybridized carbons (Fsp3) is 0.424. The zero-order valence-electron chi connectivity index (χ0n) is 25.5. The second-order valence-electron chi connectivity index (χ2n) is 12.3. The van der Waals surface area contributed by atoms with Crippen molar-refractivity contribution < 1.29 is 37.3 Å². The number of halogens is 3. The van der Waals surface area contributed by atoms with Crippen LogP contribution >= 0.6 is 0 Å². The first-order chi connectivity index (χ1) is 22.1. The number of likely N-dealkylation sites (N-methyl/N-ethyl adjacent to an activating group) is 1. The zero-order valence-corrected chi connectivity index (χ0v) is 25.5. The summed E-state index contributed by atoms with van der Waals surface area (Å²) in [5.74, 6) is -2.50. The van der Waals surface area contributed by atoms with Gasteiger partial charge in [-0.1, -0.05) is 30.3 Å². The van der Waals surface area contributed by atoms with Crippen molar-refractivity contribution in [3.63, 3.8) is 0 Å². The van der Waals surface area contributed by atoms with Crippen LogP contribution in [-0.4, -0.2) is 102 Å². The third-order valence-corrected chi connectivity index (χ3v) is 9.28. The first-order valence-electron chi connectivity index (χ1n) is 15.2. The molecule has 0 radical (unpaired) electrons. The predicted molar refractivity (Wildman–Crippen MR) is 165 cm³/mol. The lowest BCUT2D eigenvalue weighted by Crippen LogP contribution is -2.55. The van der Waals surface area contributed by atoms with E-state index in [2.05, 4.69) is 9.97 Å². The Balaban J connectivity index is 1.32. The highest BCUT2D eigenvalue weighted by Crippen LogP contribution is 2.40. The molecule has 3 aliphatic heterocycles. The van der Waals surface area contributed by atoms with Gasteiger partial charge in [-0.15, -0.1) is 0 Å². The van der Waals surface area contributed by atoms with Crippen LogP contribution in [0.5, 0.6) is 11.8 Å². The summed E-state index contributed by atoms with van der Waals surface area (Å²) in [6.45, 7) is 0.298. The first kappa shape index (κ1) is 30.3. The van der Waals surface area contributed by atoms with Crippen molar-refractivity contribution >= 4 is 33.6 Å².